The summed E-state index contributed by atoms with van der Waals surface area (Å²) >= 11 is 0. The fourth-order valence-corrected chi connectivity index (χ4v) is 6.21. The minimum Gasteiger partial charge on any atom is -0.468 e. The summed E-state index contributed by atoms with van der Waals surface area (Å²) in [6.07, 6.45) is -3.27. The Bertz CT molecular complexity index is 1010. The lowest BCUT2D eigenvalue weighted by atomic mass is 10.2. The molecular weight excluding hydrogens is 407 g/mol. The zero-order valence-electron chi connectivity index (χ0n) is 13.9. The molecule has 1 saturated heterocycles. The van der Waals surface area contributed by atoms with Crippen LogP contribution in [0.1, 0.15) is 17.7 Å². The molecule has 11 heteroatoms. The SMILES string of the molecule is O=S(=O)(Cc1ccco1)C1CCN(S(=O)(=O)c2cccc(C(F)(F)F)c2)C1. The second-order valence-electron chi connectivity index (χ2n) is 6.19. The van der Waals surface area contributed by atoms with Gasteiger partial charge < -0.3 is 4.42 Å². The molecule has 1 aromatic heterocycles. The summed E-state index contributed by atoms with van der Waals surface area (Å²) in [7, 11) is -7.90. The van der Waals surface area contributed by atoms with Crippen molar-refractivity contribution >= 4 is 19.9 Å². The van der Waals surface area contributed by atoms with Crippen molar-refractivity contribution in [1.82, 2.24) is 4.31 Å². The van der Waals surface area contributed by atoms with E-state index >= 15 is 0 Å². The Morgan fingerprint density at radius 2 is 1.85 bits per heavy atom. The number of benzene rings is 1. The number of sulfonamides is 1. The second-order valence-corrected chi connectivity index (χ2v) is 10.4. The standard InChI is InChI=1S/C16H16F3NO5S2/c17-16(18,19)12-3-1-5-14(9-12)27(23,24)20-7-6-15(10-20)26(21,22)11-13-4-2-8-25-13/h1-5,8-9,15H,6-7,10-11H2. The van der Waals surface area contributed by atoms with Crippen LogP contribution in [0.4, 0.5) is 13.2 Å². The molecule has 27 heavy (non-hydrogen) atoms. The van der Waals surface area contributed by atoms with Gasteiger partial charge in [-0.3, -0.25) is 0 Å². The molecule has 0 saturated carbocycles. The quantitative estimate of drug-likeness (QED) is 0.738. The largest absolute Gasteiger partial charge is 0.468 e. The van der Waals surface area contributed by atoms with Crippen LogP contribution in [0.25, 0.3) is 0 Å². The minimum atomic E-state index is -4.68. The average molecular weight is 423 g/mol. The molecule has 0 aliphatic carbocycles. The second kappa shape index (κ2) is 6.95. The van der Waals surface area contributed by atoms with Gasteiger partial charge >= 0.3 is 6.18 Å². The van der Waals surface area contributed by atoms with Gasteiger partial charge in [0.05, 0.1) is 22.0 Å². The van der Waals surface area contributed by atoms with Crippen molar-refractivity contribution in [2.24, 2.45) is 0 Å². The van der Waals surface area contributed by atoms with Gasteiger partial charge in [0.1, 0.15) is 11.5 Å². The number of hydrogen-bond acceptors (Lipinski definition) is 5. The molecule has 0 radical (unpaired) electrons. The molecule has 2 aromatic rings. The fourth-order valence-electron chi connectivity index (χ4n) is 2.90. The van der Waals surface area contributed by atoms with Crippen molar-refractivity contribution in [2.75, 3.05) is 13.1 Å². The van der Waals surface area contributed by atoms with Crippen LogP contribution in [0.2, 0.25) is 0 Å². The molecule has 1 aliphatic rings. The van der Waals surface area contributed by atoms with Crippen LogP contribution in [0, 0.1) is 0 Å². The lowest BCUT2D eigenvalue weighted by molar-refractivity contribution is -0.137. The van der Waals surface area contributed by atoms with Crippen LogP contribution >= 0.6 is 0 Å². The van der Waals surface area contributed by atoms with E-state index in [0.717, 1.165) is 22.5 Å². The smallest absolute Gasteiger partial charge is 0.416 e. The summed E-state index contributed by atoms with van der Waals surface area (Å²) in [6.45, 7) is -0.387. The number of halogens is 3. The summed E-state index contributed by atoms with van der Waals surface area (Å²) in [5.41, 5.74) is -1.08. The average Bonchev–Trinajstić information content (AvgIpc) is 3.25. The summed E-state index contributed by atoms with van der Waals surface area (Å²) in [5, 5.41) is -0.942. The number of rotatable bonds is 5. The monoisotopic (exact) mass is 423 g/mol. The van der Waals surface area contributed by atoms with Crippen LogP contribution in [-0.4, -0.2) is 39.5 Å². The molecule has 1 aromatic carbocycles. The van der Waals surface area contributed by atoms with E-state index in [2.05, 4.69) is 0 Å². The van der Waals surface area contributed by atoms with Gasteiger partial charge in [-0.1, -0.05) is 6.07 Å². The molecule has 1 atom stereocenters. The molecule has 1 fully saturated rings. The molecular formula is C16H16F3NO5S2. The van der Waals surface area contributed by atoms with Crippen LogP contribution in [0.5, 0.6) is 0 Å². The van der Waals surface area contributed by atoms with Crippen molar-refractivity contribution in [2.45, 2.75) is 28.5 Å². The van der Waals surface area contributed by atoms with Gasteiger partial charge in [0.15, 0.2) is 9.84 Å². The van der Waals surface area contributed by atoms with Gasteiger partial charge in [-0.25, -0.2) is 16.8 Å². The normalized spacial score (nSPS) is 19.4. The minimum absolute atomic E-state index is 0.0707. The third-order valence-corrected chi connectivity index (χ3v) is 8.29. The lowest BCUT2D eigenvalue weighted by Crippen LogP contribution is -2.32. The maximum atomic E-state index is 12.8. The van der Waals surface area contributed by atoms with E-state index in [1.807, 2.05) is 0 Å². The molecule has 0 N–H and O–H groups in total. The molecule has 0 amide bonds. The third-order valence-electron chi connectivity index (χ3n) is 4.34. The Hall–Kier alpha value is -1.85. The summed E-state index contributed by atoms with van der Waals surface area (Å²) in [4.78, 5) is -0.513. The number of nitrogens with zero attached hydrogens (tertiary/aromatic N) is 1. The van der Waals surface area contributed by atoms with Crippen LogP contribution in [-0.2, 0) is 31.8 Å². The molecule has 148 valence electrons. The van der Waals surface area contributed by atoms with Crippen LogP contribution in [0.15, 0.2) is 52.0 Å². The van der Waals surface area contributed by atoms with Crippen molar-refractivity contribution < 1.29 is 34.4 Å². The predicted molar refractivity (Wildman–Crippen MR) is 89.9 cm³/mol. The first-order valence-electron chi connectivity index (χ1n) is 7.91. The van der Waals surface area contributed by atoms with E-state index < -0.39 is 41.7 Å². The van der Waals surface area contributed by atoms with E-state index in [-0.39, 0.29) is 31.0 Å². The van der Waals surface area contributed by atoms with Crippen LogP contribution in [0.3, 0.4) is 0 Å². The van der Waals surface area contributed by atoms with E-state index in [1.165, 1.54) is 12.3 Å². The molecule has 0 spiro atoms. The summed E-state index contributed by atoms with van der Waals surface area (Å²) < 4.78 is 94.7. The van der Waals surface area contributed by atoms with E-state index in [9.17, 15) is 30.0 Å². The lowest BCUT2D eigenvalue weighted by Gasteiger charge is -2.17. The van der Waals surface area contributed by atoms with Gasteiger partial charge in [-0.05, 0) is 36.8 Å². The highest BCUT2D eigenvalue weighted by atomic mass is 32.2. The number of furan rings is 1. The Balaban J connectivity index is 1.80. The number of sulfone groups is 1. The zero-order chi connectivity index (χ0) is 19.9. The highest BCUT2D eigenvalue weighted by molar-refractivity contribution is 7.91. The number of hydrogen-bond donors (Lipinski definition) is 0. The Kier molecular flexibility index (Phi) is 5.12. The molecule has 1 unspecified atom stereocenters. The van der Waals surface area contributed by atoms with Gasteiger partial charge in [0.2, 0.25) is 10.0 Å². The predicted octanol–water partition coefficient (Wildman–Crippen LogP) is 2.68. The van der Waals surface area contributed by atoms with E-state index in [4.69, 9.17) is 4.42 Å². The first kappa shape index (κ1) is 19.9. The van der Waals surface area contributed by atoms with E-state index in [0.29, 0.717) is 6.07 Å². The summed E-state index contributed by atoms with van der Waals surface area (Å²) in [6, 6.07) is 6.46. The Labute approximate surface area is 154 Å². The van der Waals surface area contributed by atoms with Crippen molar-refractivity contribution in [3.8, 4) is 0 Å². The van der Waals surface area contributed by atoms with Crippen molar-refractivity contribution in [3.05, 3.63) is 54.0 Å². The Morgan fingerprint density at radius 3 is 2.48 bits per heavy atom. The first-order chi connectivity index (χ1) is 12.5. The molecule has 1 aliphatic heterocycles. The van der Waals surface area contributed by atoms with Crippen molar-refractivity contribution in [1.29, 1.82) is 0 Å². The van der Waals surface area contributed by atoms with E-state index in [1.54, 1.807) is 6.07 Å². The molecule has 6 nitrogen and oxygen atoms in total. The molecule has 2 heterocycles. The molecule has 0 bridgehead atoms. The fraction of sp³-hybridized carbons (Fsp3) is 0.375. The highest BCUT2D eigenvalue weighted by Gasteiger charge is 2.40. The van der Waals surface area contributed by atoms with Gasteiger partial charge in [0.25, 0.3) is 0 Å². The Morgan fingerprint density at radius 1 is 1.11 bits per heavy atom. The van der Waals surface area contributed by atoms with Gasteiger partial charge in [-0.2, -0.15) is 17.5 Å². The van der Waals surface area contributed by atoms with Gasteiger partial charge in [-0.15, -0.1) is 0 Å². The number of alkyl halides is 3. The summed E-state index contributed by atoms with van der Waals surface area (Å²) in [5.74, 6) is -0.114. The topological polar surface area (TPSA) is 84.7 Å². The highest BCUT2D eigenvalue weighted by Crippen LogP contribution is 2.32. The zero-order valence-corrected chi connectivity index (χ0v) is 15.5. The van der Waals surface area contributed by atoms with Gasteiger partial charge in [0, 0.05) is 13.1 Å². The molecule has 3 rings (SSSR count). The van der Waals surface area contributed by atoms with Crippen LogP contribution < -0.4 is 0 Å². The maximum Gasteiger partial charge on any atom is 0.416 e. The van der Waals surface area contributed by atoms with Crippen molar-refractivity contribution in [3.63, 3.8) is 0 Å². The first-order valence-corrected chi connectivity index (χ1v) is 11.1. The maximum absolute atomic E-state index is 12.8. The third kappa shape index (κ3) is 4.19.